The van der Waals surface area contributed by atoms with Gasteiger partial charge in [0.1, 0.15) is 11.6 Å². The monoisotopic (exact) mass is 456 g/mol. The van der Waals surface area contributed by atoms with Crippen LogP contribution in [-0.4, -0.2) is 34.8 Å². The number of halogens is 1. The second kappa shape index (κ2) is 10.1. The van der Waals surface area contributed by atoms with Gasteiger partial charge in [0.05, 0.1) is 12.8 Å². The Kier molecular flexibility index (Phi) is 7.71. The molecule has 2 heterocycles. The number of aromatic nitrogens is 3. The summed E-state index contributed by atoms with van der Waals surface area (Å²) < 4.78 is 7.56. The van der Waals surface area contributed by atoms with Crippen molar-refractivity contribution in [2.75, 3.05) is 19.1 Å². The molecular weight excluding hydrogens is 420 g/mol. The van der Waals surface area contributed by atoms with E-state index in [0.29, 0.717) is 6.04 Å². The van der Waals surface area contributed by atoms with Crippen molar-refractivity contribution in [2.45, 2.75) is 78.7 Å². The van der Waals surface area contributed by atoms with E-state index in [1.165, 1.54) is 60.3 Å². The van der Waals surface area contributed by atoms with Gasteiger partial charge in [-0.05, 0) is 69.2 Å². The quantitative estimate of drug-likeness (QED) is 0.396. The molecule has 1 aliphatic carbocycles. The van der Waals surface area contributed by atoms with Gasteiger partial charge in [0.2, 0.25) is 0 Å². The minimum absolute atomic E-state index is 0. The highest BCUT2D eigenvalue weighted by Crippen LogP contribution is 2.38. The number of hydrogen-bond donors (Lipinski definition) is 0. The summed E-state index contributed by atoms with van der Waals surface area (Å²) in [7, 11) is 3.98. The normalized spacial score (nSPS) is 12.8. The molecule has 0 radical (unpaired) electrons. The summed E-state index contributed by atoms with van der Waals surface area (Å²) in [6.07, 6.45) is 8.13. The lowest BCUT2D eigenvalue weighted by molar-refractivity contribution is 0.414. The van der Waals surface area contributed by atoms with Gasteiger partial charge in [-0.2, -0.15) is 9.61 Å². The third kappa shape index (κ3) is 4.19. The number of nitrogens with zero attached hydrogens (tertiary/aromatic N) is 4. The van der Waals surface area contributed by atoms with Crippen molar-refractivity contribution in [3.8, 4) is 16.9 Å². The minimum atomic E-state index is 0. The van der Waals surface area contributed by atoms with Crippen LogP contribution in [0.2, 0.25) is 0 Å². The van der Waals surface area contributed by atoms with Crippen molar-refractivity contribution in [2.24, 2.45) is 0 Å². The van der Waals surface area contributed by atoms with Crippen LogP contribution in [0.25, 0.3) is 16.8 Å². The molecule has 2 aromatic heterocycles. The van der Waals surface area contributed by atoms with Gasteiger partial charge in [-0.15, -0.1) is 12.4 Å². The van der Waals surface area contributed by atoms with Crippen molar-refractivity contribution in [1.29, 1.82) is 0 Å². The van der Waals surface area contributed by atoms with Crippen LogP contribution in [0, 0.1) is 13.8 Å². The average Bonchev–Trinajstić information content (AvgIpc) is 3.34. The van der Waals surface area contributed by atoms with E-state index in [2.05, 4.69) is 56.3 Å². The zero-order valence-corrected chi connectivity index (χ0v) is 21.2. The molecule has 5 nitrogen and oxygen atoms in total. The summed E-state index contributed by atoms with van der Waals surface area (Å²) in [5.74, 6) is 2.14. The second-order valence-corrected chi connectivity index (χ2v) is 8.93. The van der Waals surface area contributed by atoms with Gasteiger partial charge >= 0.3 is 0 Å². The molecule has 0 fully saturated rings. The molecule has 0 amide bonds. The molecule has 0 bridgehead atoms. The Hall–Kier alpha value is -2.27. The number of ether oxygens (including phenoxy) is 1. The summed E-state index contributed by atoms with van der Waals surface area (Å²) in [5, 5.41) is 5.06. The van der Waals surface area contributed by atoms with Gasteiger partial charge in [0.15, 0.2) is 5.65 Å². The average molecular weight is 457 g/mol. The molecule has 0 aliphatic heterocycles. The first kappa shape index (κ1) is 24.4. The SMILES string of the molecule is CCCC(CCC)N(C)c1c2c(nc3c(-c4ccc(OC)cc4C)c(C)nn13)CCC2.Cl. The van der Waals surface area contributed by atoms with Crippen LogP contribution < -0.4 is 9.64 Å². The molecule has 1 aliphatic rings. The Morgan fingerprint density at radius 2 is 1.84 bits per heavy atom. The number of aryl methyl sites for hydroxylation is 3. The van der Waals surface area contributed by atoms with Crippen LogP contribution in [0.4, 0.5) is 5.82 Å². The Labute approximate surface area is 198 Å². The zero-order valence-electron chi connectivity index (χ0n) is 20.4. The number of anilines is 1. The number of benzene rings is 1. The summed E-state index contributed by atoms with van der Waals surface area (Å²) in [6, 6.07) is 6.80. The van der Waals surface area contributed by atoms with Gasteiger partial charge in [0, 0.05) is 29.9 Å². The van der Waals surface area contributed by atoms with Gasteiger partial charge in [-0.25, -0.2) is 4.98 Å². The molecule has 4 rings (SSSR count). The smallest absolute Gasteiger partial charge is 0.165 e. The number of fused-ring (bicyclic) bond motifs is 2. The highest BCUT2D eigenvalue weighted by Gasteiger charge is 2.28. The van der Waals surface area contributed by atoms with Crippen LogP contribution in [0.1, 0.15) is 68.5 Å². The first-order valence-electron chi connectivity index (χ1n) is 11.8. The van der Waals surface area contributed by atoms with Crippen molar-refractivity contribution >= 4 is 23.9 Å². The standard InChI is InChI=1S/C26H36N4O.ClH/c1-7-10-19(11-8-2)29(5)26-22-12-9-13-23(22)27-25-24(18(4)28-30(25)26)21-15-14-20(31-6)16-17(21)3;/h14-16,19H,7-13H2,1-6H3;1H. The van der Waals surface area contributed by atoms with E-state index >= 15 is 0 Å². The zero-order chi connectivity index (χ0) is 22.1. The van der Waals surface area contributed by atoms with Crippen LogP contribution >= 0.6 is 12.4 Å². The van der Waals surface area contributed by atoms with Crippen molar-refractivity contribution in [3.05, 3.63) is 40.7 Å². The van der Waals surface area contributed by atoms with E-state index in [1.54, 1.807) is 7.11 Å². The molecular formula is C26H37ClN4O. The molecule has 32 heavy (non-hydrogen) atoms. The number of hydrogen-bond acceptors (Lipinski definition) is 4. The Morgan fingerprint density at radius 3 is 2.47 bits per heavy atom. The van der Waals surface area contributed by atoms with E-state index in [1.807, 2.05) is 6.07 Å². The molecule has 3 aromatic rings. The lowest BCUT2D eigenvalue weighted by Crippen LogP contribution is -2.34. The number of rotatable bonds is 8. The summed E-state index contributed by atoms with van der Waals surface area (Å²) in [5.41, 5.74) is 8.19. The van der Waals surface area contributed by atoms with Crippen LogP contribution in [0.3, 0.4) is 0 Å². The van der Waals surface area contributed by atoms with Gasteiger partial charge in [-0.3, -0.25) is 0 Å². The Balaban J connectivity index is 0.00000289. The molecule has 0 spiro atoms. The van der Waals surface area contributed by atoms with Crippen LogP contribution in [0.5, 0.6) is 5.75 Å². The molecule has 0 unspecified atom stereocenters. The molecule has 1 aromatic carbocycles. The number of methoxy groups -OCH3 is 1. The van der Waals surface area contributed by atoms with Crippen molar-refractivity contribution < 1.29 is 4.74 Å². The maximum absolute atomic E-state index is 5.43. The van der Waals surface area contributed by atoms with Gasteiger partial charge < -0.3 is 9.64 Å². The van der Waals surface area contributed by atoms with Gasteiger partial charge in [-0.1, -0.05) is 32.8 Å². The maximum Gasteiger partial charge on any atom is 0.165 e. The van der Waals surface area contributed by atoms with Crippen LogP contribution in [0.15, 0.2) is 18.2 Å². The molecule has 174 valence electrons. The summed E-state index contributed by atoms with van der Waals surface area (Å²) in [4.78, 5) is 7.68. The van der Waals surface area contributed by atoms with E-state index < -0.39 is 0 Å². The molecule has 6 heteroatoms. The van der Waals surface area contributed by atoms with Crippen LogP contribution in [-0.2, 0) is 12.8 Å². The first-order valence-corrected chi connectivity index (χ1v) is 11.8. The fourth-order valence-corrected chi connectivity index (χ4v) is 5.21. The molecule has 0 atom stereocenters. The highest BCUT2D eigenvalue weighted by molar-refractivity contribution is 5.85. The Bertz CT molecular complexity index is 1090. The third-order valence-corrected chi connectivity index (χ3v) is 6.76. The fraction of sp³-hybridized carbons (Fsp3) is 0.538. The second-order valence-electron chi connectivity index (χ2n) is 8.93. The maximum atomic E-state index is 5.43. The Morgan fingerprint density at radius 1 is 1.12 bits per heavy atom. The minimum Gasteiger partial charge on any atom is -0.497 e. The molecule has 0 saturated heterocycles. The van der Waals surface area contributed by atoms with E-state index in [0.717, 1.165) is 35.5 Å². The molecule has 0 saturated carbocycles. The predicted molar refractivity (Wildman–Crippen MR) is 136 cm³/mol. The first-order chi connectivity index (χ1) is 15.0. The van der Waals surface area contributed by atoms with E-state index in [-0.39, 0.29) is 12.4 Å². The van der Waals surface area contributed by atoms with Crippen molar-refractivity contribution in [1.82, 2.24) is 14.6 Å². The molecule has 0 N–H and O–H groups in total. The lowest BCUT2D eigenvalue weighted by atomic mass is 10.0. The van der Waals surface area contributed by atoms with E-state index in [9.17, 15) is 0 Å². The fourth-order valence-electron chi connectivity index (χ4n) is 5.21. The highest BCUT2D eigenvalue weighted by atomic mass is 35.5. The van der Waals surface area contributed by atoms with Gasteiger partial charge in [0.25, 0.3) is 0 Å². The topological polar surface area (TPSA) is 42.7 Å². The third-order valence-electron chi connectivity index (χ3n) is 6.76. The summed E-state index contributed by atoms with van der Waals surface area (Å²) >= 11 is 0. The summed E-state index contributed by atoms with van der Waals surface area (Å²) in [6.45, 7) is 8.81. The predicted octanol–water partition coefficient (Wildman–Crippen LogP) is 6.34. The van der Waals surface area contributed by atoms with E-state index in [4.69, 9.17) is 14.8 Å². The largest absolute Gasteiger partial charge is 0.497 e. The van der Waals surface area contributed by atoms with Crippen molar-refractivity contribution in [3.63, 3.8) is 0 Å². The lowest BCUT2D eigenvalue weighted by Gasteiger charge is -2.31.